The Kier molecular flexibility index (Phi) is 14.3. The molecule has 4 aromatic heterocycles. The maximum Gasteiger partial charge on any atom is 0.330 e. The highest BCUT2D eigenvalue weighted by atomic mass is 35.5. The van der Waals surface area contributed by atoms with Crippen molar-refractivity contribution in [3.05, 3.63) is 116 Å². The van der Waals surface area contributed by atoms with Gasteiger partial charge in [-0.05, 0) is 64.1 Å². The number of benzene rings is 2. The van der Waals surface area contributed by atoms with E-state index in [2.05, 4.69) is 20.2 Å². The zero-order valence-electron chi connectivity index (χ0n) is 31.8. The van der Waals surface area contributed by atoms with Gasteiger partial charge in [0.2, 0.25) is 0 Å². The summed E-state index contributed by atoms with van der Waals surface area (Å²) in [6.45, 7) is 6.52. The van der Waals surface area contributed by atoms with Crippen molar-refractivity contribution in [2.75, 3.05) is 18.6 Å². The molecule has 14 nitrogen and oxygen atoms in total. The van der Waals surface area contributed by atoms with Gasteiger partial charge in [-0.15, -0.1) is 0 Å². The average molecular weight is 893 g/mol. The van der Waals surface area contributed by atoms with E-state index in [0.717, 1.165) is 0 Å². The average Bonchev–Trinajstić information content (AvgIpc) is 3.91. The molecule has 0 aliphatic heterocycles. The van der Waals surface area contributed by atoms with Gasteiger partial charge in [0.15, 0.2) is 23.1 Å². The highest BCUT2D eigenvalue weighted by molar-refractivity contribution is 6.36. The number of carbonyl (C=O) groups is 2. The van der Waals surface area contributed by atoms with Gasteiger partial charge in [0.25, 0.3) is 0 Å². The Labute approximate surface area is 356 Å². The van der Waals surface area contributed by atoms with E-state index >= 15 is 0 Å². The number of carboxylic acid groups (broad SMARTS) is 1. The summed E-state index contributed by atoms with van der Waals surface area (Å²) in [4.78, 5) is 31.1. The van der Waals surface area contributed by atoms with E-state index in [-0.39, 0.29) is 43.2 Å². The maximum absolute atomic E-state index is 13.8. The molecule has 0 bridgehead atoms. The summed E-state index contributed by atoms with van der Waals surface area (Å²) in [6, 6.07) is 7.06. The van der Waals surface area contributed by atoms with Gasteiger partial charge in [0, 0.05) is 68.2 Å². The lowest BCUT2D eigenvalue weighted by atomic mass is 10.1. The Balaban J connectivity index is 0.000000224. The number of aliphatic carboxylic acids is 1. The SMILES string of the molecule is CC(Oc1cc(-c2cnn([C@H](C)C(=O)O)c2)cnc1N)c1c(Cl)ccc(F)c1Cl.COC(=O)[C@@H](C)n1cc(-c2cnc(N)c(OC(C)c3c(Cl)ccc(F)c3Cl)c2)cn1. The molecule has 0 saturated carbocycles. The number of rotatable bonds is 12. The van der Waals surface area contributed by atoms with Crippen LogP contribution in [0.5, 0.6) is 11.5 Å². The van der Waals surface area contributed by atoms with E-state index in [1.165, 1.54) is 60.1 Å². The van der Waals surface area contributed by atoms with Gasteiger partial charge in [-0.1, -0.05) is 46.4 Å². The van der Waals surface area contributed by atoms with Crippen LogP contribution < -0.4 is 20.9 Å². The van der Waals surface area contributed by atoms with Crippen molar-refractivity contribution < 1.29 is 37.7 Å². The lowest BCUT2D eigenvalue weighted by Gasteiger charge is -2.19. The molecule has 6 rings (SSSR count). The Hall–Kier alpha value is -5.68. The minimum atomic E-state index is -1.00. The molecule has 0 aliphatic carbocycles. The number of pyridine rings is 2. The van der Waals surface area contributed by atoms with Crippen molar-refractivity contribution >= 4 is 70.0 Å². The van der Waals surface area contributed by atoms with E-state index in [9.17, 15) is 18.4 Å². The van der Waals surface area contributed by atoms with Gasteiger partial charge in [-0.25, -0.2) is 28.3 Å². The first-order chi connectivity index (χ1) is 27.9. The summed E-state index contributed by atoms with van der Waals surface area (Å²) >= 11 is 24.4. The standard InChI is InChI=1S/C20H19Cl2FN4O3.C19H17Cl2FN4O3/c1-10(20(28)29-3)27-9-13(8-26-27)12-6-16(19(24)25-7-12)30-11(2)17-14(21)4-5-15(23)18(17)22;1-9(19(27)28)26-8-12(7-25-26)11-5-15(18(23)24-6-11)29-10(2)16-13(20)3-4-14(22)17(16)21/h4-11H,1-3H3,(H2,24,25);3-10H,1-2H3,(H2,23,24)(H,27,28)/t10-,11?;9-,10?/m11/s1. The highest BCUT2D eigenvalue weighted by Crippen LogP contribution is 2.39. The Morgan fingerprint density at radius 1 is 0.678 bits per heavy atom. The first-order valence-corrected chi connectivity index (χ1v) is 18.9. The van der Waals surface area contributed by atoms with Crippen LogP contribution in [0.2, 0.25) is 20.1 Å². The Bertz CT molecular complexity index is 2500. The third-order valence-corrected chi connectivity index (χ3v) is 10.3. The van der Waals surface area contributed by atoms with Crippen molar-refractivity contribution in [2.24, 2.45) is 0 Å². The molecule has 4 atom stereocenters. The summed E-state index contributed by atoms with van der Waals surface area (Å²) in [6.07, 6.45) is 8.03. The van der Waals surface area contributed by atoms with Crippen molar-refractivity contribution in [1.82, 2.24) is 29.5 Å². The fraction of sp³-hybridized carbons (Fsp3) is 0.231. The predicted molar refractivity (Wildman–Crippen MR) is 220 cm³/mol. The van der Waals surface area contributed by atoms with Crippen LogP contribution in [-0.2, 0) is 14.3 Å². The van der Waals surface area contributed by atoms with Crippen molar-refractivity contribution in [2.45, 2.75) is 52.0 Å². The second-order valence-corrected chi connectivity index (χ2v) is 14.5. The smallest absolute Gasteiger partial charge is 0.330 e. The topological polar surface area (TPSA) is 196 Å². The van der Waals surface area contributed by atoms with Crippen LogP contribution in [0.4, 0.5) is 20.4 Å². The zero-order chi connectivity index (χ0) is 43.3. The number of methoxy groups -OCH3 is 1. The molecule has 0 radical (unpaired) electrons. The fourth-order valence-corrected chi connectivity index (χ4v) is 6.89. The van der Waals surface area contributed by atoms with Crippen LogP contribution >= 0.6 is 46.4 Å². The van der Waals surface area contributed by atoms with Crippen molar-refractivity contribution in [3.8, 4) is 33.8 Å². The third-order valence-electron chi connectivity index (χ3n) is 8.91. The van der Waals surface area contributed by atoms with E-state index in [1.54, 1.807) is 57.7 Å². The number of aromatic nitrogens is 6. The van der Waals surface area contributed by atoms with Crippen LogP contribution in [0.25, 0.3) is 22.3 Å². The Morgan fingerprint density at radius 3 is 1.47 bits per heavy atom. The molecule has 20 heteroatoms. The molecule has 0 fully saturated rings. The molecular weight excluding hydrogens is 856 g/mol. The number of carboxylic acids is 1. The van der Waals surface area contributed by atoms with Crippen LogP contribution in [0, 0.1) is 11.6 Å². The summed E-state index contributed by atoms with van der Waals surface area (Å²) in [5.41, 5.74) is 15.1. The number of esters is 1. The number of hydrogen-bond acceptors (Lipinski definition) is 11. The molecular formula is C39H36Cl4F2N8O6. The lowest BCUT2D eigenvalue weighted by molar-refractivity contribution is -0.144. The van der Waals surface area contributed by atoms with Crippen molar-refractivity contribution in [1.29, 1.82) is 0 Å². The van der Waals surface area contributed by atoms with E-state index in [0.29, 0.717) is 33.4 Å². The summed E-state index contributed by atoms with van der Waals surface area (Å²) in [7, 11) is 1.31. The monoisotopic (exact) mass is 890 g/mol. The summed E-state index contributed by atoms with van der Waals surface area (Å²) in [5, 5.41) is 17.7. The summed E-state index contributed by atoms with van der Waals surface area (Å²) in [5.74, 6) is -1.85. The van der Waals surface area contributed by atoms with Crippen LogP contribution in [0.3, 0.4) is 0 Å². The number of nitrogen functional groups attached to an aromatic ring is 2. The molecule has 5 N–H and O–H groups in total. The van der Waals surface area contributed by atoms with Gasteiger partial charge in [-0.3, -0.25) is 9.36 Å². The Morgan fingerprint density at radius 2 is 1.08 bits per heavy atom. The molecule has 310 valence electrons. The fourth-order valence-electron chi connectivity index (χ4n) is 5.53. The maximum atomic E-state index is 13.8. The predicted octanol–water partition coefficient (Wildman–Crippen LogP) is 9.61. The molecule has 0 saturated heterocycles. The first-order valence-electron chi connectivity index (χ1n) is 17.4. The number of carbonyl (C=O) groups excluding carboxylic acids is 1. The van der Waals surface area contributed by atoms with Crippen LogP contribution in [0.1, 0.15) is 63.1 Å². The number of nitrogens with zero attached hydrogens (tertiary/aromatic N) is 6. The molecule has 0 aliphatic rings. The largest absolute Gasteiger partial charge is 0.482 e. The zero-order valence-corrected chi connectivity index (χ0v) is 34.9. The molecule has 4 heterocycles. The third kappa shape index (κ3) is 10.1. The van der Waals surface area contributed by atoms with Gasteiger partial charge in [-0.2, -0.15) is 10.2 Å². The van der Waals surface area contributed by atoms with Gasteiger partial charge in [0.05, 0.1) is 29.5 Å². The highest BCUT2D eigenvalue weighted by Gasteiger charge is 2.23. The molecule has 0 spiro atoms. The van der Waals surface area contributed by atoms with E-state index in [1.807, 2.05) is 0 Å². The minimum Gasteiger partial charge on any atom is -0.482 e. The van der Waals surface area contributed by atoms with Crippen LogP contribution in [-0.4, -0.2) is 53.7 Å². The van der Waals surface area contributed by atoms with Crippen molar-refractivity contribution in [3.63, 3.8) is 0 Å². The molecule has 2 aromatic carbocycles. The second kappa shape index (κ2) is 18.9. The van der Waals surface area contributed by atoms with E-state index in [4.69, 9.17) is 77.2 Å². The number of ether oxygens (including phenoxy) is 3. The van der Waals surface area contributed by atoms with E-state index < -0.39 is 47.9 Å². The number of halogens is 6. The number of hydrogen-bond donors (Lipinski definition) is 3. The molecule has 6 aromatic rings. The van der Waals surface area contributed by atoms with Crippen LogP contribution in [0.15, 0.2) is 73.6 Å². The number of anilines is 2. The van der Waals surface area contributed by atoms with Gasteiger partial charge >= 0.3 is 11.9 Å². The quantitative estimate of drug-likeness (QED) is 0.0779. The van der Waals surface area contributed by atoms with Gasteiger partial charge in [0.1, 0.15) is 35.9 Å². The first kappa shape index (κ1) is 44.4. The normalized spacial score (nSPS) is 13.1. The van der Waals surface area contributed by atoms with Gasteiger partial charge < -0.3 is 30.8 Å². The molecule has 59 heavy (non-hydrogen) atoms. The number of nitrogens with two attached hydrogens (primary N) is 2. The molecule has 0 amide bonds. The second-order valence-electron chi connectivity index (χ2n) is 12.9. The lowest BCUT2D eigenvalue weighted by Crippen LogP contribution is -2.17. The minimum absolute atomic E-state index is 0.115. The molecule has 2 unspecified atom stereocenters. The summed E-state index contributed by atoms with van der Waals surface area (Å²) < 4.78 is 46.9.